The van der Waals surface area contributed by atoms with Crippen LogP contribution in [0.1, 0.15) is 47.5 Å². The third-order valence-electron chi connectivity index (χ3n) is 6.66. The maximum absolute atomic E-state index is 5.60. The van der Waals surface area contributed by atoms with Gasteiger partial charge < -0.3 is 4.74 Å². The number of fused-ring (bicyclic) bond motifs is 2. The predicted octanol–water partition coefficient (Wildman–Crippen LogP) is 3.52. The monoisotopic (exact) mass is 403 g/mol. The Bertz CT molecular complexity index is 1030. The Balaban J connectivity index is 1.36. The summed E-state index contributed by atoms with van der Waals surface area (Å²) in [5, 5.41) is 4.35. The summed E-state index contributed by atoms with van der Waals surface area (Å²) in [4.78, 5) is 11.9. The third kappa shape index (κ3) is 3.60. The summed E-state index contributed by atoms with van der Waals surface area (Å²) in [5.74, 6) is 1.81. The first-order valence-corrected chi connectivity index (χ1v) is 10.8. The van der Waals surface area contributed by atoms with Crippen molar-refractivity contribution in [1.82, 2.24) is 24.6 Å². The number of hydrogen-bond acceptors (Lipinski definition) is 5. The number of piperidine rings is 1. The third-order valence-corrected chi connectivity index (χ3v) is 6.66. The van der Waals surface area contributed by atoms with Crippen LogP contribution in [0, 0.1) is 6.92 Å². The molecule has 1 fully saturated rings. The number of benzene rings is 1. The van der Waals surface area contributed by atoms with E-state index in [0.717, 1.165) is 44.2 Å². The fourth-order valence-corrected chi connectivity index (χ4v) is 5.27. The molecule has 0 bridgehead atoms. The summed E-state index contributed by atoms with van der Waals surface area (Å²) in [6, 6.07) is 8.52. The average Bonchev–Trinajstić information content (AvgIpc) is 3.37. The minimum atomic E-state index is 0.200. The first-order valence-electron chi connectivity index (χ1n) is 10.8. The molecule has 156 valence electrons. The lowest BCUT2D eigenvalue weighted by atomic mass is 9.77. The SMILES string of the molecule is COc1ccc(CN2CCCC3(CCc4cnc(C)nc43)C2)cc1Cn1cccn1. The van der Waals surface area contributed by atoms with Gasteiger partial charge in [0.25, 0.3) is 0 Å². The molecule has 30 heavy (non-hydrogen) atoms. The minimum Gasteiger partial charge on any atom is -0.496 e. The number of nitrogens with zero attached hydrogens (tertiary/aromatic N) is 5. The summed E-state index contributed by atoms with van der Waals surface area (Å²) >= 11 is 0. The summed E-state index contributed by atoms with van der Waals surface area (Å²) < 4.78 is 7.54. The Morgan fingerprint density at radius 2 is 2.13 bits per heavy atom. The molecule has 1 aromatic carbocycles. The van der Waals surface area contributed by atoms with Crippen molar-refractivity contribution >= 4 is 0 Å². The summed E-state index contributed by atoms with van der Waals surface area (Å²) in [5.41, 5.74) is 5.36. The largest absolute Gasteiger partial charge is 0.496 e. The average molecular weight is 404 g/mol. The molecule has 1 spiro atoms. The second-order valence-electron chi connectivity index (χ2n) is 8.74. The van der Waals surface area contributed by atoms with Crippen LogP contribution in [0.4, 0.5) is 0 Å². The van der Waals surface area contributed by atoms with Gasteiger partial charge in [0.05, 0.1) is 19.3 Å². The van der Waals surface area contributed by atoms with Crippen LogP contribution in [-0.2, 0) is 24.9 Å². The minimum absolute atomic E-state index is 0.200. The molecule has 6 nitrogen and oxygen atoms in total. The van der Waals surface area contributed by atoms with Crippen LogP contribution in [0.15, 0.2) is 42.9 Å². The molecule has 3 aromatic rings. The van der Waals surface area contributed by atoms with E-state index in [0.29, 0.717) is 0 Å². The van der Waals surface area contributed by atoms with Gasteiger partial charge in [-0.3, -0.25) is 9.58 Å². The van der Waals surface area contributed by atoms with E-state index in [9.17, 15) is 0 Å². The van der Waals surface area contributed by atoms with Crippen molar-refractivity contribution in [2.45, 2.75) is 51.1 Å². The Hall–Kier alpha value is -2.73. The molecule has 0 N–H and O–H groups in total. The van der Waals surface area contributed by atoms with Crippen molar-refractivity contribution in [3.63, 3.8) is 0 Å². The van der Waals surface area contributed by atoms with E-state index in [2.05, 4.69) is 39.4 Å². The van der Waals surface area contributed by atoms with Gasteiger partial charge in [-0.15, -0.1) is 0 Å². The standard InChI is InChI=1S/C24H29N5O/c1-18-25-14-20-7-9-24(23(20)27-18)8-3-11-28(17-24)15-19-5-6-22(30-2)21(13-19)16-29-12-4-10-26-29/h4-6,10,12-14H,3,7-9,11,15-17H2,1-2H3. The van der Waals surface area contributed by atoms with Gasteiger partial charge >= 0.3 is 0 Å². The summed E-state index contributed by atoms with van der Waals surface area (Å²) in [7, 11) is 1.73. The first kappa shape index (κ1) is 19.2. The molecule has 1 saturated heterocycles. The molecule has 2 aromatic heterocycles. The van der Waals surface area contributed by atoms with Crippen molar-refractivity contribution in [1.29, 1.82) is 0 Å². The maximum Gasteiger partial charge on any atom is 0.125 e. The van der Waals surface area contributed by atoms with E-state index >= 15 is 0 Å². The van der Waals surface area contributed by atoms with Crippen LogP contribution in [0.25, 0.3) is 0 Å². The van der Waals surface area contributed by atoms with E-state index in [4.69, 9.17) is 9.72 Å². The van der Waals surface area contributed by atoms with E-state index in [1.54, 1.807) is 7.11 Å². The Labute approximate surface area is 177 Å². The van der Waals surface area contributed by atoms with Crippen LogP contribution in [0.3, 0.4) is 0 Å². The lowest BCUT2D eigenvalue weighted by molar-refractivity contribution is 0.136. The molecule has 5 rings (SSSR count). The molecular weight excluding hydrogens is 374 g/mol. The number of aryl methyl sites for hydroxylation is 2. The Morgan fingerprint density at radius 1 is 1.20 bits per heavy atom. The van der Waals surface area contributed by atoms with Crippen molar-refractivity contribution in [3.05, 3.63) is 71.1 Å². The zero-order valence-corrected chi connectivity index (χ0v) is 17.8. The molecule has 1 unspecified atom stereocenters. The summed E-state index contributed by atoms with van der Waals surface area (Å²) in [6.45, 7) is 5.90. The second-order valence-corrected chi connectivity index (χ2v) is 8.74. The molecular formula is C24H29N5O. The van der Waals surface area contributed by atoms with Crippen LogP contribution >= 0.6 is 0 Å². The molecule has 1 aliphatic heterocycles. The maximum atomic E-state index is 5.60. The molecule has 2 aliphatic rings. The molecule has 1 aliphatic carbocycles. The lowest BCUT2D eigenvalue weighted by Gasteiger charge is -2.40. The van der Waals surface area contributed by atoms with E-state index < -0.39 is 0 Å². The zero-order chi connectivity index (χ0) is 20.6. The topological polar surface area (TPSA) is 56.1 Å². The zero-order valence-electron chi connectivity index (χ0n) is 17.8. The quantitative estimate of drug-likeness (QED) is 0.652. The molecule has 0 saturated carbocycles. The second kappa shape index (κ2) is 7.84. The number of likely N-dealkylation sites (tertiary alicyclic amines) is 1. The molecule has 3 heterocycles. The Morgan fingerprint density at radius 3 is 2.97 bits per heavy atom. The molecule has 1 atom stereocenters. The fourth-order valence-electron chi connectivity index (χ4n) is 5.27. The Kier molecular flexibility index (Phi) is 5.03. The highest BCUT2D eigenvalue weighted by Crippen LogP contribution is 2.44. The van der Waals surface area contributed by atoms with E-state index in [1.165, 1.54) is 41.6 Å². The first-order chi connectivity index (χ1) is 14.6. The van der Waals surface area contributed by atoms with Gasteiger partial charge in [-0.1, -0.05) is 6.07 Å². The van der Waals surface area contributed by atoms with E-state index in [1.807, 2.05) is 30.1 Å². The molecule has 6 heteroatoms. The lowest BCUT2D eigenvalue weighted by Crippen LogP contribution is -2.45. The van der Waals surface area contributed by atoms with Crippen LogP contribution in [0.2, 0.25) is 0 Å². The van der Waals surface area contributed by atoms with Crippen molar-refractivity contribution in [3.8, 4) is 5.75 Å². The summed E-state index contributed by atoms with van der Waals surface area (Å²) in [6.07, 6.45) is 10.6. The number of rotatable bonds is 5. The smallest absolute Gasteiger partial charge is 0.125 e. The highest BCUT2D eigenvalue weighted by atomic mass is 16.5. The van der Waals surface area contributed by atoms with Gasteiger partial charge in [-0.05, 0) is 68.5 Å². The number of ether oxygens (including phenoxy) is 1. The van der Waals surface area contributed by atoms with Crippen LogP contribution < -0.4 is 4.74 Å². The van der Waals surface area contributed by atoms with Crippen LogP contribution in [-0.4, -0.2) is 44.8 Å². The number of hydrogen-bond donors (Lipinski definition) is 0. The van der Waals surface area contributed by atoms with Crippen molar-refractivity contribution in [2.24, 2.45) is 0 Å². The van der Waals surface area contributed by atoms with Gasteiger partial charge in [0.15, 0.2) is 0 Å². The molecule has 0 radical (unpaired) electrons. The van der Waals surface area contributed by atoms with Gasteiger partial charge in [0, 0.05) is 42.7 Å². The number of methoxy groups -OCH3 is 1. The van der Waals surface area contributed by atoms with Gasteiger partial charge in [0.2, 0.25) is 0 Å². The van der Waals surface area contributed by atoms with Gasteiger partial charge in [-0.25, -0.2) is 9.97 Å². The normalized spacial score (nSPS) is 21.1. The highest BCUT2D eigenvalue weighted by Gasteiger charge is 2.43. The molecule has 0 amide bonds. The highest BCUT2D eigenvalue weighted by molar-refractivity contribution is 5.38. The van der Waals surface area contributed by atoms with Crippen LogP contribution in [0.5, 0.6) is 5.75 Å². The van der Waals surface area contributed by atoms with Crippen molar-refractivity contribution in [2.75, 3.05) is 20.2 Å². The van der Waals surface area contributed by atoms with Crippen molar-refractivity contribution < 1.29 is 4.74 Å². The van der Waals surface area contributed by atoms with Gasteiger partial charge in [0.1, 0.15) is 11.6 Å². The van der Waals surface area contributed by atoms with Gasteiger partial charge in [-0.2, -0.15) is 5.10 Å². The number of aromatic nitrogens is 4. The predicted molar refractivity (Wildman–Crippen MR) is 116 cm³/mol. The van der Waals surface area contributed by atoms with E-state index in [-0.39, 0.29) is 5.41 Å². The fraction of sp³-hybridized carbons (Fsp3) is 0.458.